The number of nitrogens with one attached hydrogen (secondary N) is 1. The number of nitrogens with zero attached hydrogens (tertiary/aromatic N) is 2. The van der Waals surface area contributed by atoms with Crippen molar-refractivity contribution >= 4 is 22.8 Å². The molecule has 1 aliphatic heterocycles. The molecule has 0 bridgehead atoms. The molecule has 0 unspecified atom stereocenters. The maximum Gasteiger partial charge on any atom is 0.338 e. The molecular weight excluding hydrogens is 398 g/mol. The maximum atomic E-state index is 12.9. The Morgan fingerprint density at radius 2 is 2.06 bits per heavy atom. The zero-order valence-corrected chi connectivity index (χ0v) is 17.4. The van der Waals surface area contributed by atoms with Gasteiger partial charge in [0.1, 0.15) is 11.6 Å². The second-order valence-corrected chi connectivity index (χ2v) is 7.73. The summed E-state index contributed by atoms with van der Waals surface area (Å²) in [5, 5.41) is 3.13. The number of furan rings is 1. The minimum atomic E-state index is -0.979. The number of rotatable bonds is 5. The van der Waals surface area contributed by atoms with Gasteiger partial charge in [-0.2, -0.15) is 0 Å². The highest BCUT2D eigenvalue weighted by Crippen LogP contribution is 2.17. The number of hydrogen-bond acceptors (Lipinski definition) is 6. The SMILES string of the molecule is C[C@H](OC(=O)c1ccc2c(=O)n3c(nc2c1)CCCCCC3)C(=O)NCc1ccco1. The van der Waals surface area contributed by atoms with Crippen LogP contribution in [0.25, 0.3) is 10.9 Å². The standard InChI is InChI=1S/C23H25N3O5/c1-15(21(27)24-14-17-7-6-12-30-17)31-23(29)16-9-10-18-19(13-16)25-20-8-4-2-3-5-11-26(20)22(18)28/h6-7,9-10,12-13,15H,2-5,8,11,14H2,1H3,(H,24,27)/t15-/m0/s1. The summed E-state index contributed by atoms with van der Waals surface area (Å²) in [4.78, 5) is 42.3. The Balaban J connectivity index is 1.49. The largest absolute Gasteiger partial charge is 0.467 e. The van der Waals surface area contributed by atoms with Crippen molar-refractivity contribution in [3.63, 3.8) is 0 Å². The van der Waals surface area contributed by atoms with Crippen LogP contribution in [0.4, 0.5) is 0 Å². The van der Waals surface area contributed by atoms with Gasteiger partial charge in [-0.25, -0.2) is 9.78 Å². The summed E-state index contributed by atoms with van der Waals surface area (Å²) < 4.78 is 12.2. The fourth-order valence-corrected chi connectivity index (χ4v) is 3.74. The van der Waals surface area contributed by atoms with Crippen LogP contribution in [0.5, 0.6) is 0 Å². The molecule has 0 fully saturated rings. The lowest BCUT2D eigenvalue weighted by Crippen LogP contribution is -2.35. The lowest BCUT2D eigenvalue weighted by Gasteiger charge is -2.16. The number of benzene rings is 1. The number of carbonyl (C=O) groups excluding carboxylic acids is 2. The van der Waals surface area contributed by atoms with Gasteiger partial charge in [-0.15, -0.1) is 0 Å². The Bertz CT molecular complexity index is 1150. The van der Waals surface area contributed by atoms with E-state index in [0.29, 0.717) is 23.2 Å². The van der Waals surface area contributed by atoms with Crippen LogP contribution >= 0.6 is 0 Å². The van der Waals surface area contributed by atoms with E-state index in [1.54, 1.807) is 28.8 Å². The van der Waals surface area contributed by atoms with E-state index in [2.05, 4.69) is 10.3 Å². The molecule has 31 heavy (non-hydrogen) atoms. The van der Waals surface area contributed by atoms with E-state index in [0.717, 1.165) is 37.9 Å². The van der Waals surface area contributed by atoms with E-state index in [-0.39, 0.29) is 17.7 Å². The van der Waals surface area contributed by atoms with Crippen LogP contribution in [0.15, 0.2) is 45.8 Å². The summed E-state index contributed by atoms with van der Waals surface area (Å²) in [5.74, 6) is 0.293. The number of fused-ring (bicyclic) bond motifs is 2. The first-order chi connectivity index (χ1) is 15.0. The highest BCUT2D eigenvalue weighted by molar-refractivity contribution is 5.95. The predicted molar refractivity (Wildman–Crippen MR) is 114 cm³/mol. The summed E-state index contributed by atoms with van der Waals surface area (Å²) in [6.07, 6.45) is 5.47. The van der Waals surface area contributed by atoms with Crippen molar-refractivity contribution in [2.75, 3.05) is 0 Å². The van der Waals surface area contributed by atoms with Gasteiger partial charge >= 0.3 is 5.97 Å². The average molecular weight is 423 g/mol. The molecule has 0 saturated carbocycles. The van der Waals surface area contributed by atoms with Gasteiger partial charge in [0.05, 0.1) is 29.3 Å². The van der Waals surface area contributed by atoms with E-state index >= 15 is 0 Å². The molecule has 1 amide bonds. The molecule has 0 saturated heterocycles. The maximum absolute atomic E-state index is 12.9. The highest BCUT2D eigenvalue weighted by atomic mass is 16.5. The van der Waals surface area contributed by atoms with Crippen molar-refractivity contribution < 1.29 is 18.7 Å². The summed E-state index contributed by atoms with van der Waals surface area (Å²) in [5.41, 5.74) is 0.648. The second-order valence-electron chi connectivity index (χ2n) is 7.73. The molecule has 1 N–H and O–H groups in total. The van der Waals surface area contributed by atoms with Crippen LogP contribution in [0.2, 0.25) is 0 Å². The van der Waals surface area contributed by atoms with Gasteiger partial charge in [0, 0.05) is 13.0 Å². The molecule has 8 nitrogen and oxygen atoms in total. The monoisotopic (exact) mass is 423 g/mol. The Morgan fingerprint density at radius 3 is 2.87 bits per heavy atom. The number of aromatic nitrogens is 2. The van der Waals surface area contributed by atoms with E-state index in [4.69, 9.17) is 9.15 Å². The van der Waals surface area contributed by atoms with Gasteiger partial charge in [-0.3, -0.25) is 14.2 Å². The van der Waals surface area contributed by atoms with Crippen molar-refractivity contribution in [2.45, 2.75) is 58.2 Å². The fourth-order valence-electron chi connectivity index (χ4n) is 3.74. The van der Waals surface area contributed by atoms with Crippen molar-refractivity contribution in [2.24, 2.45) is 0 Å². The minimum Gasteiger partial charge on any atom is -0.467 e. The first kappa shape index (κ1) is 20.8. The molecule has 162 valence electrons. The highest BCUT2D eigenvalue weighted by Gasteiger charge is 2.20. The van der Waals surface area contributed by atoms with Crippen molar-refractivity contribution in [3.8, 4) is 0 Å². The quantitative estimate of drug-likeness (QED) is 0.633. The van der Waals surface area contributed by atoms with Gasteiger partial charge in [0.15, 0.2) is 6.10 Å². The summed E-state index contributed by atoms with van der Waals surface area (Å²) in [6.45, 7) is 2.39. The van der Waals surface area contributed by atoms with E-state index in [1.165, 1.54) is 19.3 Å². The van der Waals surface area contributed by atoms with Crippen LogP contribution in [0.3, 0.4) is 0 Å². The lowest BCUT2D eigenvalue weighted by molar-refractivity contribution is -0.129. The van der Waals surface area contributed by atoms with Crippen LogP contribution in [0, 0.1) is 0 Å². The van der Waals surface area contributed by atoms with Crippen molar-refractivity contribution in [1.82, 2.24) is 14.9 Å². The minimum absolute atomic E-state index is 0.0764. The van der Waals surface area contributed by atoms with E-state index in [1.807, 2.05) is 0 Å². The third-order valence-corrected chi connectivity index (χ3v) is 5.47. The molecule has 3 aromatic rings. The molecular formula is C23H25N3O5. The van der Waals surface area contributed by atoms with Gasteiger partial charge in [0.25, 0.3) is 11.5 Å². The number of ether oxygens (including phenoxy) is 1. The fraction of sp³-hybridized carbons (Fsp3) is 0.391. The number of amides is 1. The third kappa shape index (κ3) is 4.68. The van der Waals surface area contributed by atoms with Crippen molar-refractivity contribution in [1.29, 1.82) is 0 Å². The van der Waals surface area contributed by atoms with Crippen LogP contribution in [-0.2, 0) is 29.0 Å². The first-order valence-corrected chi connectivity index (χ1v) is 10.6. The smallest absolute Gasteiger partial charge is 0.338 e. The summed E-state index contributed by atoms with van der Waals surface area (Å²) >= 11 is 0. The van der Waals surface area contributed by atoms with Crippen LogP contribution in [0.1, 0.15) is 54.5 Å². The molecule has 2 aromatic heterocycles. The Hall–Kier alpha value is -3.42. The van der Waals surface area contributed by atoms with Crippen LogP contribution < -0.4 is 10.9 Å². The molecule has 1 atom stereocenters. The molecule has 1 aliphatic rings. The number of aryl methyl sites for hydroxylation is 1. The molecule has 4 rings (SSSR count). The van der Waals surface area contributed by atoms with E-state index in [9.17, 15) is 14.4 Å². The third-order valence-electron chi connectivity index (χ3n) is 5.47. The van der Waals surface area contributed by atoms with Crippen LogP contribution in [-0.4, -0.2) is 27.5 Å². The molecule has 0 radical (unpaired) electrons. The first-order valence-electron chi connectivity index (χ1n) is 10.6. The number of hydrogen-bond donors (Lipinski definition) is 1. The molecule has 1 aromatic carbocycles. The molecule has 8 heteroatoms. The van der Waals surface area contributed by atoms with E-state index < -0.39 is 18.0 Å². The summed E-state index contributed by atoms with van der Waals surface area (Å²) in [7, 11) is 0. The molecule has 0 aliphatic carbocycles. The summed E-state index contributed by atoms with van der Waals surface area (Å²) in [6, 6.07) is 8.17. The topological polar surface area (TPSA) is 103 Å². The molecule has 0 spiro atoms. The molecule has 3 heterocycles. The Labute approximate surface area is 179 Å². The second kappa shape index (κ2) is 9.16. The predicted octanol–water partition coefficient (Wildman–Crippen LogP) is 2.97. The number of carbonyl (C=O) groups is 2. The van der Waals surface area contributed by atoms with Crippen molar-refractivity contribution in [3.05, 3.63) is 64.1 Å². The average Bonchev–Trinajstić information content (AvgIpc) is 3.26. The Kier molecular flexibility index (Phi) is 6.16. The zero-order chi connectivity index (χ0) is 21.8. The zero-order valence-electron chi connectivity index (χ0n) is 17.4. The normalized spacial score (nSPS) is 14.9. The Morgan fingerprint density at radius 1 is 1.23 bits per heavy atom. The van der Waals surface area contributed by atoms with Gasteiger partial charge in [0.2, 0.25) is 0 Å². The van der Waals surface area contributed by atoms with Gasteiger partial charge < -0.3 is 14.5 Å². The van der Waals surface area contributed by atoms with Gasteiger partial charge in [-0.05, 0) is 50.1 Å². The number of esters is 1. The lowest BCUT2D eigenvalue weighted by atomic mass is 10.1. The van der Waals surface area contributed by atoms with Gasteiger partial charge in [-0.1, -0.05) is 12.8 Å².